The van der Waals surface area contributed by atoms with Gasteiger partial charge in [0.1, 0.15) is 5.85 Å². The molecule has 0 aromatic carbocycles. The monoisotopic (exact) mass is 274 g/mol. The Hall–Kier alpha value is 0.564. The molecule has 0 aromatic heterocycles. The van der Waals surface area contributed by atoms with Gasteiger partial charge < -0.3 is 4.52 Å². The van der Waals surface area contributed by atoms with Gasteiger partial charge >= 0.3 is 0 Å². The summed E-state index contributed by atoms with van der Waals surface area (Å²) in [6, 6.07) is 0. The molecule has 1 nitrogen and oxygen atoms in total. The maximum Gasteiger partial charge on any atom is 0.126 e. The van der Waals surface area contributed by atoms with Crippen LogP contribution in [0.25, 0.3) is 0 Å². The molecule has 1 saturated heterocycles. The molecule has 0 bridgehead atoms. The lowest BCUT2D eigenvalue weighted by molar-refractivity contribution is 0.494. The van der Waals surface area contributed by atoms with Crippen LogP contribution < -0.4 is 0 Å². The summed E-state index contributed by atoms with van der Waals surface area (Å²) in [6.07, 6.45) is 2.22. The molecule has 1 rings (SSSR count). The maximum atomic E-state index is 6.05. The van der Waals surface area contributed by atoms with E-state index in [2.05, 4.69) is 59.2 Å². The highest BCUT2D eigenvalue weighted by atomic mass is 31.2. The van der Waals surface area contributed by atoms with Crippen molar-refractivity contribution in [3.8, 4) is 0 Å². The fourth-order valence-corrected chi connectivity index (χ4v) is 21.9. The third-order valence-electron chi connectivity index (χ3n) is 3.15. The van der Waals surface area contributed by atoms with Crippen molar-refractivity contribution < 1.29 is 4.52 Å². The van der Waals surface area contributed by atoms with Crippen LogP contribution in [0.2, 0.25) is 39.3 Å². The topological polar surface area (TPSA) is 12.5 Å². The third-order valence-corrected chi connectivity index (χ3v) is 19.5. The molecule has 0 radical (unpaired) electrons. The average Bonchev–Trinajstić information content (AvgIpc) is 2.77. The number of hydrogen-bond acceptors (Lipinski definition) is 1. The highest BCUT2D eigenvalue weighted by Crippen LogP contribution is 2.70. The molecule has 0 saturated carbocycles. The van der Waals surface area contributed by atoms with Crippen LogP contribution >= 0.6 is 8.15 Å². The molecule has 2 atom stereocenters. The lowest BCUT2D eigenvalue weighted by atomic mass is 10.3. The summed E-state index contributed by atoms with van der Waals surface area (Å²) in [4.78, 5) is 0.940. The van der Waals surface area contributed by atoms with Gasteiger partial charge in [0.05, 0.1) is 24.3 Å². The van der Waals surface area contributed by atoms with Crippen molar-refractivity contribution in [2.75, 3.05) is 0 Å². The highest BCUT2D eigenvalue weighted by Gasteiger charge is 2.54. The van der Waals surface area contributed by atoms with Gasteiger partial charge in [-0.25, -0.2) is 0 Å². The quantitative estimate of drug-likeness (QED) is 0.310. The van der Waals surface area contributed by atoms with Crippen LogP contribution in [-0.4, -0.2) is 26.9 Å². The molecule has 1 heterocycles. The Bertz CT molecular complexity index is 274. The summed E-state index contributed by atoms with van der Waals surface area (Å²) in [5, 5.41) is 0. The fraction of sp³-hybridized carbons (Fsp3) is 0.833. The third kappa shape index (κ3) is 3.28. The zero-order chi connectivity index (χ0) is 12.7. The summed E-state index contributed by atoms with van der Waals surface area (Å²) < 4.78 is 6.05. The van der Waals surface area contributed by atoms with Crippen LogP contribution in [0.15, 0.2) is 11.6 Å². The van der Waals surface area contributed by atoms with Gasteiger partial charge in [0.2, 0.25) is 0 Å². The maximum absolute atomic E-state index is 6.05. The van der Waals surface area contributed by atoms with Gasteiger partial charge in [0.15, 0.2) is 0 Å². The van der Waals surface area contributed by atoms with Crippen LogP contribution in [-0.2, 0) is 4.52 Å². The van der Waals surface area contributed by atoms with Crippen molar-refractivity contribution >= 4 is 24.3 Å². The van der Waals surface area contributed by atoms with E-state index in [1.54, 1.807) is 0 Å². The van der Waals surface area contributed by atoms with E-state index in [4.69, 9.17) is 4.52 Å². The Balaban J connectivity index is 2.84. The molecular weight excluding hydrogens is 247 g/mol. The Kier molecular flexibility index (Phi) is 4.28. The molecule has 16 heavy (non-hydrogen) atoms. The Labute approximate surface area is 105 Å². The summed E-state index contributed by atoms with van der Waals surface area (Å²) >= 11 is 0. The van der Waals surface area contributed by atoms with E-state index < -0.39 is 16.1 Å². The number of hydrogen-bond donors (Lipinski definition) is 0. The van der Waals surface area contributed by atoms with Crippen molar-refractivity contribution in [1.82, 2.24) is 0 Å². The number of allylic oxidation sites excluding steroid dienone is 1. The summed E-state index contributed by atoms with van der Waals surface area (Å²) in [7, 11) is -2.31. The van der Waals surface area contributed by atoms with Gasteiger partial charge in [-0.1, -0.05) is 45.4 Å². The Morgan fingerprint density at radius 2 is 1.56 bits per heavy atom. The summed E-state index contributed by atoms with van der Waals surface area (Å²) in [6.45, 7) is 19.4. The van der Waals surface area contributed by atoms with E-state index in [-0.39, 0.29) is 8.15 Å². The molecule has 94 valence electrons. The molecule has 1 fully saturated rings. The van der Waals surface area contributed by atoms with Crippen LogP contribution in [0.3, 0.4) is 0 Å². The van der Waals surface area contributed by atoms with Crippen molar-refractivity contribution in [1.29, 1.82) is 0 Å². The first-order chi connectivity index (χ1) is 7.09. The van der Waals surface area contributed by atoms with E-state index in [0.29, 0.717) is 5.85 Å². The normalized spacial score (nSPS) is 27.4. The smallest absolute Gasteiger partial charge is 0.126 e. The highest BCUT2D eigenvalue weighted by molar-refractivity contribution is 7.66. The Morgan fingerprint density at radius 1 is 1.12 bits per heavy atom. The van der Waals surface area contributed by atoms with Gasteiger partial charge in [-0.05, 0) is 24.3 Å². The van der Waals surface area contributed by atoms with Gasteiger partial charge in [0, 0.05) is 0 Å². The van der Waals surface area contributed by atoms with E-state index >= 15 is 0 Å². The van der Waals surface area contributed by atoms with Gasteiger partial charge in [-0.15, -0.1) is 0 Å². The SMILES string of the molecule is C/C=C(\C)C1OP1C([Si](C)(C)C)[Si](C)(C)C. The first-order valence-electron chi connectivity index (χ1n) is 6.17. The zero-order valence-corrected chi connectivity index (χ0v) is 15.0. The second-order valence-electron chi connectivity index (χ2n) is 6.98. The first kappa shape index (κ1) is 14.6. The zero-order valence-electron chi connectivity index (χ0n) is 12.1. The second-order valence-corrected chi connectivity index (χ2v) is 21.1. The minimum absolute atomic E-state index is 0.144. The Morgan fingerprint density at radius 3 is 1.88 bits per heavy atom. The lowest BCUT2D eigenvalue weighted by Crippen LogP contribution is -2.51. The largest absolute Gasteiger partial charge is 0.342 e. The van der Waals surface area contributed by atoms with E-state index in [9.17, 15) is 0 Å². The minimum atomic E-state index is -1.08. The van der Waals surface area contributed by atoms with E-state index in [1.807, 2.05) is 0 Å². The van der Waals surface area contributed by atoms with Crippen LogP contribution in [0, 0.1) is 0 Å². The van der Waals surface area contributed by atoms with Gasteiger partial charge in [0.25, 0.3) is 0 Å². The summed E-state index contributed by atoms with van der Waals surface area (Å²) in [5.41, 5.74) is 1.45. The fourth-order valence-electron chi connectivity index (χ4n) is 2.77. The number of rotatable bonds is 4. The molecule has 0 amide bonds. The molecular formula is C12H27OPSi2. The molecule has 4 heteroatoms. The first-order valence-corrected chi connectivity index (χ1v) is 14.7. The van der Waals surface area contributed by atoms with Crippen LogP contribution in [0.1, 0.15) is 13.8 Å². The average molecular weight is 274 g/mol. The standard InChI is InChI=1S/C12H27OPSi2/c1-9-10(2)11-13-14(11)12(15(3,4)5)16(6,7)8/h9,11-12H,1-8H3/b10-9+. The molecule has 0 N–H and O–H groups in total. The minimum Gasteiger partial charge on any atom is -0.342 e. The van der Waals surface area contributed by atoms with E-state index in [0.717, 1.165) is 4.91 Å². The molecule has 1 aliphatic heterocycles. The van der Waals surface area contributed by atoms with Crippen molar-refractivity contribution in [3.05, 3.63) is 11.6 Å². The molecule has 0 aliphatic carbocycles. The predicted molar refractivity (Wildman–Crippen MR) is 81.7 cm³/mol. The summed E-state index contributed by atoms with van der Waals surface area (Å²) in [5.74, 6) is 0.503. The molecule has 0 spiro atoms. The van der Waals surface area contributed by atoms with Crippen molar-refractivity contribution in [3.63, 3.8) is 0 Å². The van der Waals surface area contributed by atoms with Crippen LogP contribution in [0.4, 0.5) is 0 Å². The lowest BCUT2D eigenvalue weighted by Gasteiger charge is -2.37. The van der Waals surface area contributed by atoms with Gasteiger partial charge in [-0.3, -0.25) is 0 Å². The van der Waals surface area contributed by atoms with Crippen molar-refractivity contribution in [2.24, 2.45) is 0 Å². The molecule has 2 unspecified atom stereocenters. The predicted octanol–water partition coefficient (Wildman–Crippen LogP) is 4.83. The molecule has 1 aliphatic rings. The second kappa shape index (κ2) is 4.68. The van der Waals surface area contributed by atoms with Crippen LogP contribution in [0.5, 0.6) is 0 Å². The van der Waals surface area contributed by atoms with E-state index in [1.165, 1.54) is 5.57 Å². The van der Waals surface area contributed by atoms with Crippen molar-refractivity contribution in [2.45, 2.75) is 63.9 Å². The van der Waals surface area contributed by atoms with Gasteiger partial charge in [-0.2, -0.15) is 0 Å². The molecule has 0 aromatic rings.